The number of hydrogen-bond acceptors (Lipinski definition) is 4. The molecule has 0 aromatic carbocycles. The van der Waals surface area contributed by atoms with E-state index in [0.29, 0.717) is 6.04 Å². The maximum atomic E-state index is 5.70. The van der Waals surface area contributed by atoms with Crippen molar-refractivity contribution in [2.75, 3.05) is 33.5 Å². The lowest BCUT2D eigenvalue weighted by Crippen LogP contribution is -2.42. The molecule has 1 N–H and O–H groups in total. The smallest absolute Gasteiger partial charge is 0.168 e. The maximum absolute atomic E-state index is 5.70. The normalized spacial score (nSPS) is 25.3. The Bertz CT molecular complexity index is 194. The van der Waals surface area contributed by atoms with Crippen LogP contribution in [-0.4, -0.2) is 45.3 Å². The summed E-state index contributed by atoms with van der Waals surface area (Å²) >= 11 is 0. The van der Waals surface area contributed by atoms with Crippen LogP contribution in [0.1, 0.15) is 32.1 Å². The standard InChI is InChI=1S/C12H23NO3/c1-14-8-2-7-13-11-3-5-12(6-4-11)15-9-10-16-12/h11,13H,2-10H2,1H3. The Balaban J connectivity index is 1.61. The molecule has 0 radical (unpaired) electrons. The van der Waals surface area contributed by atoms with E-state index >= 15 is 0 Å². The van der Waals surface area contributed by atoms with E-state index in [1.54, 1.807) is 7.11 Å². The van der Waals surface area contributed by atoms with Crippen molar-refractivity contribution in [2.45, 2.75) is 43.9 Å². The first-order valence-electron chi connectivity index (χ1n) is 6.35. The molecule has 0 unspecified atom stereocenters. The first-order valence-corrected chi connectivity index (χ1v) is 6.35. The molecular weight excluding hydrogens is 206 g/mol. The van der Waals surface area contributed by atoms with Gasteiger partial charge in [0.1, 0.15) is 0 Å². The number of rotatable bonds is 5. The van der Waals surface area contributed by atoms with Crippen molar-refractivity contribution >= 4 is 0 Å². The molecule has 0 atom stereocenters. The molecule has 1 saturated carbocycles. The van der Waals surface area contributed by atoms with E-state index in [1.807, 2.05) is 0 Å². The Morgan fingerprint density at radius 1 is 1.25 bits per heavy atom. The van der Waals surface area contributed by atoms with Crippen LogP contribution in [-0.2, 0) is 14.2 Å². The molecule has 1 spiro atoms. The molecule has 4 nitrogen and oxygen atoms in total. The van der Waals surface area contributed by atoms with Crippen molar-refractivity contribution in [1.82, 2.24) is 5.32 Å². The van der Waals surface area contributed by atoms with Gasteiger partial charge in [-0.15, -0.1) is 0 Å². The molecule has 16 heavy (non-hydrogen) atoms. The SMILES string of the molecule is COCCCNC1CCC2(CC1)OCCO2. The first-order chi connectivity index (χ1) is 7.85. The molecule has 2 fully saturated rings. The fraction of sp³-hybridized carbons (Fsp3) is 1.00. The molecule has 1 aliphatic heterocycles. The lowest BCUT2D eigenvalue weighted by Gasteiger charge is -2.35. The van der Waals surface area contributed by atoms with Crippen molar-refractivity contribution in [1.29, 1.82) is 0 Å². The van der Waals surface area contributed by atoms with Crippen LogP contribution in [0.4, 0.5) is 0 Å². The van der Waals surface area contributed by atoms with Gasteiger partial charge in [-0.05, 0) is 25.8 Å². The van der Waals surface area contributed by atoms with Gasteiger partial charge < -0.3 is 19.5 Å². The zero-order valence-electron chi connectivity index (χ0n) is 10.2. The molecule has 2 rings (SSSR count). The van der Waals surface area contributed by atoms with Gasteiger partial charge >= 0.3 is 0 Å². The zero-order chi connectivity index (χ0) is 11.3. The van der Waals surface area contributed by atoms with Crippen molar-refractivity contribution in [3.05, 3.63) is 0 Å². The average molecular weight is 229 g/mol. The highest BCUT2D eigenvalue weighted by atomic mass is 16.7. The average Bonchev–Trinajstić information content (AvgIpc) is 2.76. The lowest BCUT2D eigenvalue weighted by molar-refractivity contribution is -0.179. The number of ether oxygens (including phenoxy) is 3. The first kappa shape index (κ1) is 12.3. The van der Waals surface area contributed by atoms with E-state index in [1.165, 1.54) is 0 Å². The summed E-state index contributed by atoms with van der Waals surface area (Å²) in [5.41, 5.74) is 0. The van der Waals surface area contributed by atoms with Gasteiger partial charge in [0.05, 0.1) is 13.2 Å². The van der Waals surface area contributed by atoms with Crippen LogP contribution in [0.3, 0.4) is 0 Å². The van der Waals surface area contributed by atoms with Crippen molar-refractivity contribution in [2.24, 2.45) is 0 Å². The van der Waals surface area contributed by atoms with Gasteiger partial charge in [0.2, 0.25) is 0 Å². The van der Waals surface area contributed by atoms with E-state index in [9.17, 15) is 0 Å². The molecule has 1 saturated heterocycles. The summed E-state index contributed by atoms with van der Waals surface area (Å²) in [7, 11) is 1.75. The summed E-state index contributed by atoms with van der Waals surface area (Å²) in [5.74, 6) is -0.218. The molecule has 0 amide bonds. The molecule has 1 heterocycles. The van der Waals surface area contributed by atoms with Crippen LogP contribution < -0.4 is 5.32 Å². The maximum Gasteiger partial charge on any atom is 0.168 e. The molecule has 0 bridgehead atoms. The Morgan fingerprint density at radius 2 is 1.94 bits per heavy atom. The highest BCUT2D eigenvalue weighted by Crippen LogP contribution is 2.35. The van der Waals surface area contributed by atoms with E-state index in [0.717, 1.165) is 58.5 Å². The lowest BCUT2D eigenvalue weighted by atomic mass is 9.90. The van der Waals surface area contributed by atoms with Crippen molar-refractivity contribution < 1.29 is 14.2 Å². The van der Waals surface area contributed by atoms with Crippen LogP contribution in [0.2, 0.25) is 0 Å². The predicted octanol–water partition coefficient (Wildman–Crippen LogP) is 1.30. The zero-order valence-corrected chi connectivity index (χ0v) is 10.2. The Kier molecular flexibility index (Phi) is 4.58. The highest BCUT2D eigenvalue weighted by Gasteiger charge is 2.39. The Labute approximate surface area is 97.6 Å². The quantitative estimate of drug-likeness (QED) is 0.721. The third kappa shape index (κ3) is 3.17. The van der Waals surface area contributed by atoms with Crippen molar-refractivity contribution in [3.8, 4) is 0 Å². The van der Waals surface area contributed by atoms with Gasteiger partial charge in [-0.3, -0.25) is 0 Å². The van der Waals surface area contributed by atoms with E-state index in [4.69, 9.17) is 14.2 Å². The number of nitrogens with one attached hydrogen (secondary N) is 1. The highest BCUT2D eigenvalue weighted by molar-refractivity contribution is 4.85. The van der Waals surface area contributed by atoms with Gasteiger partial charge in [-0.2, -0.15) is 0 Å². The second-order valence-corrected chi connectivity index (χ2v) is 4.68. The summed E-state index contributed by atoms with van der Waals surface area (Å²) in [5, 5.41) is 3.57. The fourth-order valence-electron chi connectivity index (χ4n) is 2.57. The van der Waals surface area contributed by atoms with Crippen LogP contribution >= 0.6 is 0 Å². The van der Waals surface area contributed by atoms with Gasteiger partial charge in [-0.25, -0.2) is 0 Å². The Hall–Kier alpha value is -0.160. The van der Waals surface area contributed by atoms with Gasteiger partial charge in [0.25, 0.3) is 0 Å². The largest absolute Gasteiger partial charge is 0.385 e. The molecular formula is C12H23NO3. The fourth-order valence-corrected chi connectivity index (χ4v) is 2.57. The molecule has 2 aliphatic rings. The monoisotopic (exact) mass is 229 g/mol. The third-order valence-electron chi connectivity index (χ3n) is 3.52. The molecule has 4 heteroatoms. The van der Waals surface area contributed by atoms with Crippen LogP contribution in [0.15, 0.2) is 0 Å². The molecule has 0 aromatic rings. The summed E-state index contributed by atoms with van der Waals surface area (Å²) in [6.45, 7) is 3.43. The third-order valence-corrected chi connectivity index (χ3v) is 3.52. The minimum Gasteiger partial charge on any atom is -0.385 e. The van der Waals surface area contributed by atoms with Crippen molar-refractivity contribution in [3.63, 3.8) is 0 Å². The summed E-state index contributed by atoms with van der Waals surface area (Å²) < 4.78 is 16.4. The van der Waals surface area contributed by atoms with E-state index < -0.39 is 0 Å². The predicted molar refractivity (Wildman–Crippen MR) is 61.4 cm³/mol. The van der Waals surface area contributed by atoms with Crippen LogP contribution in [0, 0.1) is 0 Å². The number of methoxy groups -OCH3 is 1. The minimum absolute atomic E-state index is 0.218. The second kappa shape index (κ2) is 5.96. The number of hydrogen-bond donors (Lipinski definition) is 1. The van der Waals surface area contributed by atoms with E-state index in [2.05, 4.69) is 5.32 Å². The van der Waals surface area contributed by atoms with Crippen LogP contribution in [0.25, 0.3) is 0 Å². The summed E-state index contributed by atoms with van der Waals surface area (Å²) in [6.07, 6.45) is 5.48. The minimum atomic E-state index is -0.218. The van der Waals surface area contributed by atoms with Crippen LogP contribution in [0.5, 0.6) is 0 Å². The topological polar surface area (TPSA) is 39.7 Å². The molecule has 0 aromatic heterocycles. The van der Waals surface area contributed by atoms with Gasteiger partial charge in [0.15, 0.2) is 5.79 Å². The van der Waals surface area contributed by atoms with Gasteiger partial charge in [-0.1, -0.05) is 0 Å². The molecule has 94 valence electrons. The second-order valence-electron chi connectivity index (χ2n) is 4.68. The summed E-state index contributed by atoms with van der Waals surface area (Å²) in [6, 6.07) is 0.635. The van der Waals surface area contributed by atoms with E-state index in [-0.39, 0.29) is 5.79 Å². The Morgan fingerprint density at radius 3 is 2.56 bits per heavy atom. The summed E-state index contributed by atoms with van der Waals surface area (Å²) in [4.78, 5) is 0. The molecule has 1 aliphatic carbocycles. The van der Waals surface area contributed by atoms with Gasteiger partial charge in [0, 0.05) is 32.6 Å².